The number of carbonyl (C=O) groups excluding carboxylic acids is 1. The molecular weight excluding hydrogens is 417 g/mol. The van der Waals surface area contributed by atoms with Crippen molar-refractivity contribution in [2.75, 3.05) is 14.2 Å². The third-order valence-electron chi connectivity index (χ3n) is 4.61. The summed E-state index contributed by atoms with van der Waals surface area (Å²) in [6.07, 6.45) is 3.08. The normalized spacial score (nSPS) is 10.7. The van der Waals surface area contributed by atoms with E-state index < -0.39 is 10.7 Å². The summed E-state index contributed by atoms with van der Waals surface area (Å²) in [7, 11) is 3.03. The van der Waals surface area contributed by atoms with Crippen molar-refractivity contribution in [3.8, 4) is 17.2 Å². The van der Waals surface area contributed by atoms with Crippen LogP contribution in [0.5, 0.6) is 17.2 Å². The lowest BCUT2D eigenvalue weighted by atomic mass is 10.1. The molecule has 0 aliphatic carbocycles. The fraction of sp³-hybridized carbons (Fsp3) is 0.125. The van der Waals surface area contributed by atoms with Crippen LogP contribution in [0, 0.1) is 15.9 Å². The van der Waals surface area contributed by atoms with E-state index in [0.717, 1.165) is 18.2 Å². The molecule has 8 heteroatoms. The summed E-state index contributed by atoms with van der Waals surface area (Å²) in [6, 6.07) is 14.9. The summed E-state index contributed by atoms with van der Waals surface area (Å²) in [5.74, 6) is 0.127. The van der Waals surface area contributed by atoms with E-state index in [1.807, 2.05) is 0 Å². The van der Waals surface area contributed by atoms with Crippen LogP contribution in [-0.4, -0.2) is 24.9 Å². The number of benzene rings is 3. The van der Waals surface area contributed by atoms with Gasteiger partial charge in [0.1, 0.15) is 23.9 Å². The van der Waals surface area contributed by atoms with E-state index in [4.69, 9.17) is 14.2 Å². The molecule has 0 aliphatic rings. The molecule has 0 radical (unpaired) electrons. The SMILES string of the molecule is COc1ccc(C(=O)/C=C/c2ccc(OC)c(COc3cc(F)ccc3[N+](=O)[O-])c2)cc1. The van der Waals surface area contributed by atoms with Crippen molar-refractivity contribution in [1.29, 1.82) is 0 Å². The van der Waals surface area contributed by atoms with Crippen LogP contribution in [-0.2, 0) is 6.61 Å². The Labute approximate surface area is 183 Å². The highest BCUT2D eigenvalue weighted by atomic mass is 19.1. The maximum atomic E-state index is 13.5. The van der Waals surface area contributed by atoms with Crippen LogP contribution in [0.15, 0.2) is 66.7 Å². The first-order chi connectivity index (χ1) is 15.4. The number of halogens is 1. The summed E-state index contributed by atoms with van der Waals surface area (Å²) in [5, 5.41) is 11.2. The van der Waals surface area contributed by atoms with E-state index in [-0.39, 0.29) is 23.8 Å². The molecule has 0 spiro atoms. The number of nitro benzene ring substituents is 1. The molecule has 3 aromatic rings. The van der Waals surface area contributed by atoms with Gasteiger partial charge in [-0.15, -0.1) is 0 Å². The van der Waals surface area contributed by atoms with Crippen LogP contribution in [0.3, 0.4) is 0 Å². The molecule has 0 aliphatic heterocycles. The second-order valence-corrected chi connectivity index (χ2v) is 6.66. The van der Waals surface area contributed by atoms with E-state index >= 15 is 0 Å². The topological polar surface area (TPSA) is 87.9 Å². The zero-order valence-corrected chi connectivity index (χ0v) is 17.4. The molecule has 0 saturated heterocycles. The van der Waals surface area contributed by atoms with Crippen molar-refractivity contribution in [1.82, 2.24) is 0 Å². The Morgan fingerprint density at radius 2 is 1.75 bits per heavy atom. The summed E-state index contributed by atoms with van der Waals surface area (Å²) in [6.45, 7) is -0.0957. The van der Waals surface area contributed by atoms with Gasteiger partial charge in [-0.1, -0.05) is 12.1 Å². The number of ketones is 1. The number of rotatable bonds is 9. The number of methoxy groups -OCH3 is 2. The lowest BCUT2D eigenvalue weighted by Crippen LogP contribution is -2.02. The highest BCUT2D eigenvalue weighted by Crippen LogP contribution is 2.30. The van der Waals surface area contributed by atoms with Crippen LogP contribution < -0.4 is 14.2 Å². The Morgan fingerprint density at radius 1 is 1.00 bits per heavy atom. The van der Waals surface area contributed by atoms with Crippen molar-refractivity contribution < 1.29 is 28.3 Å². The quantitative estimate of drug-likeness (QED) is 0.197. The van der Waals surface area contributed by atoms with E-state index in [1.165, 1.54) is 13.2 Å². The fourth-order valence-electron chi connectivity index (χ4n) is 2.95. The van der Waals surface area contributed by atoms with Gasteiger partial charge in [0.05, 0.1) is 19.1 Å². The number of hydrogen-bond donors (Lipinski definition) is 0. The fourth-order valence-corrected chi connectivity index (χ4v) is 2.95. The standard InChI is InChI=1S/C24H20FNO6/c1-30-20-8-5-17(6-9-20)22(27)11-3-16-4-12-23(31-2)18(13-16)15-32-24-14-19(25)7-10-21(24)26(28)29/h3-14H,15H2,1-2H3/b11-3+. The Morgan fingerprint density at radius 3 is 2.41 bits per heavy atom. The van der Waals surface area contributed by atoms with Crippen LogP contribution in [0.25, 0.3) is 6.08 Å². The van der Waals surface area contributed by atoms with Crippen molar-refractivity contribution >= 4 is 17.5 Å². The molecule has 0 aromatic heterocycles. The molecule has 0 fully saturated rings. The van der Waals surface area contributed by atoms with E-state index in [2.05, 4.69) is 0 Å². The number of hydrogen-bond acceptors (Lipinski definition) is 6. The maximum Gasteiger partial charge on any atom is 0.311 e. The minimum atomic E-state index is -0.647. The molecule has 3 rings (SSSR count). The molecule has 0 unspecified atom stereocenters. The molecule has 32 heavy (non-hydrogen) atoms. The second-order valence-electron chi connectivity index (χ2n) is 6.66. The highest BCUT2D eigenvalue weighted by Gasteiger charge is 2.17. The largest absolute Gasteiger partial charge is 0.497 e. The van der Waals surface area contributed by atoms with Gasteiger partial charge >= 0.3 is 5.69 Å². The Hall–Kier alpha value is -4.20. The number of nitro groups is 1. The Balaban J connectivity index is 1.78. The van der Waals surface area contributed by atoms with Gasteiger partial charge < -0.3 is 14.2 Å². The summed E-state index contributed by atoms with van der Waals surface area (Å²) < 4.78 is 29.4. The first-order valence-electron chi connectivity index (χ1n) is 9.51. The lowest BCUT2D eigenvalue weighted by molar-refractivity contribution is -0.386. The van der Waals surface area contributed by atoms with Crippen LogP contribution >= 0.6 is 0 Å². The second kappa shape index (κ2) is 10.2. The van der Waals surface area contributed by atoms with Crippen molar-refractivity contribution in [2.45, 2.75) is 6.61 Å². The third kappa shape index (κ3) is 5.48. The lowest BCUT2D eigenvalue weighted by Gasteiger charge is -2.11. The molecule has 0 saturated carbocycles. The average molecular weight is 437 g/mol. The summed E-state index contributed by atoms with van der Waals surface area (Å²) >= 11 is 0. The third-order valence-corrected chi connectivity index (χ3v) is 4.61. The monoisotopic (exact) mass is 437 g/mol. The van der Waals surface area contributed by atoms with Gasteiger partial charge in [-0.2, -0.15) is 0 Å². The first kappa shape index (κ1) is 22.5. The molecule has 164 valence electrons. The van der Waals surface area contributed by atoms with Gasteiger partial charge in [-0.25, -0.2) is 4.39 Å². The number of nitrogens with zero attached hydrogens (tertiary/aromatic N) is 1. The molecule has 0 N–H and O–H groups in total. The van der Waals surface area contributed by atoms with Gasteiger partial charge in [0, 0.05) is 23.3 Å². The molecular formula is C24H20FNO6. The molecule has 0 heterocycles. The minimum Gasteiger partial charge on any atom is -0.497 e. The zero-order chi connectivity index (χ0) is 23.1. The Kier molecular flexibility index (Phi) is 7.17. The number of carbonyl (C=O) groups is 1. The van der Waals surface area contributed by atoms with Crippen LogP contribution in [0.1, 0.15) is 21.5 Å². The molecule has 0 atom stereocenters. The number of ether oxygens (including phenoxy) is 3. The van der Waals surface area contributed by atoms with E-state index in [1.54, 1.807) is 55.7 Å². The maximum absolute atomic E-state index is 13.5. The van der Waals surface area contributed by atoms with E-state index in [9.17, 15) is 19.3 Å². The van der Waals surface area contributed by atoms with Crippen molar-refractivity contribution in [3.05, 3.63) is 99.4 Å². The van der Waals surface area contributed by atoms with Gasteiger partial charge in [-0.3, -0.25) is 14.9 Å². The predicted molar refractivity (Wildman–Crippen MR) is 117 cm³/mol. The molecule has 3 aromatic carbocycles. The van der Waals surface area contributed by atoms with Gasteiger partial charge in [-0.05, 0) is 54.1 Å². The highest BCUT2D eigenvalue weighted by molar-refractivity contribution is 6.06. The zero-order valence-electron chi connectivity index (χ0n) is 17.4. The molecule has 7 nitrogen and oxygen atoms in total. The van der Waals surface area contributed by atoms with Crippen molar-refractivity contribution in [2.24, 2.45) is 0 Å². The smallest absolute Gasteiger partial charge is 0.311 e. The first-order valence-corrected chi connectivity index (χ1v) is 9.51. The van der Waals surface area contributed by atoms with E-state index in [0.29, 0.717) is 28.2 Å². The van der Waals surface area contributed by atoms with Gasteiger partial charge in [0.15, 0.2) is 11.5 Å². The van der Waals surface area contributed by atoms with Crippen molar-refractivity contribution in [3.63, 3.8) is 0 Å². The number of allylic oxidation sites excluding steroid dienone is 1. The Bertz CT molecular complexity index is 1160. The summed E-state index contributed by atoms with van der Waals surface area (Å²) in [5.41, 5.74) is 1.44. The van der Waals surface area contributed by atoms with Gasteiger partial charge in [0.2, 0.25) is 0 Å². The molecule has 0 amide bonds. The molecule has 0 bridgehead atoms. The van der Waals surface area contributed by atoms with Crippen LogP contribution in [0.4, 0.5) is 10.1 Å². The van der Waals surface area contributed by atoms with Gasteiger partial charge in [0.25, 0.3) is 0 Å². The van der Waals surface area contributed by atoms with Crippen LogP contribution in [0.2, 0.25) is 0 Å². The summed E-state index contributed by atoms with van der Waals surface area (Å²) in [4.78, 5) is 22.9. The minimum absolute atomic E-state index is 0.0957. The predicted octanol–water partition coefficient (Wildman–Crippen LogP) is 5.23. The average Bonchev–Trinajstić information content (AvgIpc) is 2.81.